The lowest BCUT2D eigenvalue weighted by molar-refractivity contribution is -0.380. The summed E-state index contributed by atoms with van der Waals surface area (Å²) >= 11 is 0.915. The van der Waals surface area contributed by atoms with Gasteiger partial charge >= 0.3 is 5.00 Å². The maximum absolute atomic E-state index is 13.1. The van der Waals surface area contributed by atoms with Gasteiger partial charge in [-0.3, -0.25) is 44.1 Å². The van der Waals surface area contributed by atoms with E-state index in [1.807, 2.05) is 0 Å². The molecule has 6 rings (SSSR count). The first-order valence-electron chi connectivity index (χ1n) is 17.3. The number of methoxy groups -OCH3 is 1. The van der Waals surface area contributed by atoms with Gasteiger partial charge in [-0.2, -0.15) is 0 Å². The second-order valence-electron chi connectivity index (χ2n) is 12.6. The van der Waals surface area contributed by atoms with Crippen molar-refractivity contribution in [1.82, 2.24) is 25.5 Å². The summed E-state index contributed by atoms with van der Waals surface area (Å²) in [6.45, 7) is 0.381. The Balaban J connectivity index is 0.952. The van der Waals surface area contributed by atoms with Gasteiger partial charge in [0.2, 0.25) is 29.4 Å². The predicted octanol–water partition coefficient (Wildman–Crippen LogP) is 2.83. The zero-order valence-electron chi connectivity index (χ0n) is 30.1. The molecule has 0 saturated carbocycles. The van der Waals surface area contributed by atoms with E-state index < -0.39 is 32.8 Å². The first-order chi connectivity index (χ1) is 27.3. The Morgan fingerprint density at radius 2 is 1.91 bits per heavy atom. The molecule has 0 aliphatic carbocycles. The number of carbonyl (C=O) groups is 5. The Bertz CT molecular complexity index is 2380. The van der Waals surface area contributed by atoms with Gasteiger partial charge in [-0.1, -0.05) is 17.4 Å². The number of anilines is 3. The minimum absolute atomic E-state index is 0.0526. The predicted molar refractivity (Wildman–Crippen MR) is 207 cm³/mol. The van der Waals surface area contributed by atoms with Crippen molar-refractivity contribution in [1.29, 1.82) is 0 Å². The number of nitrogens with zero attached hydrogens (tertiary/aromatic N) is 4. The third-order valence-electron chi connectivity index (χ3n) is 8.79. The van der Waals surface area contributed by atoms with Gasteiger partial charge in [-0.15, -0.1) is 0 Å². The minimum atomic E-state index is -4.14. The van der Waals surface area contributed by atoms with Gasteiger partial charge in [0.15, 0.2) is 0 Å². The quantitative estimate of drug-likeness (QED) is 0.0359. The Morgan fingerprint density at radius 1 is 1.12 bits per heavy atom. The maximum Gasteiger partial charge on any atom is 0.324 e. The number of fused-ring (bicyclic) bond motifs is 1. The lowest BCUT2D eigenvalue weighted by Crippen LogP contribution is -2.52. The van der Waals surface area contributed by atoms with Gasteiger partial charge in [-0.25, -0.2) is 18.4 Å². The molecule has 2 aromatic heterocycles. The summed E-state index contributed by atoms with van der Waals surface area (Å²) in [4.78, 5) is 82.6. The van der Waals surface area contributed by atoms with Crippen molar-refractivity contribution < 1.29 is 42.1 Å². The number of rotatable bonds is 16. The number of aromatic nitrogens is 2. The Hall–Kier alpha value is -6.74. The Kier molecular flexibility index (Phi) is 12.2. The van der Waals surface area contributed by atoms with Crippen molar-refractivity contribution in [2.75, 3.05) is 35.6 Å². The molecule has 296 valence electrons. The summed E-state index contributed by atoms with van der Waals surface area (Å²) in [5, 5.41) is 21.5. The highest BCUT2D eigenvalue weighted by Crippen LogP contribution is 2.32. The Morgan fingerprint density at radius 3 is 2.63 bits per heavy atom. The van der Waals surface area contributed by atoms with Crippen LogP contribution in [0.15, 0.2) is 71.8 Å². The highest BCUT2D eigenvalue weighted by molar-refractivity contribution is 7.92. The summed E-state index contributed by atoms with van der Waals surface area (Å²) in [7, 11) is -2.83. The molecule has 4 heterocycles. The van der Waals surface area contributed by atoms with Crippen LogP contribution in [0.25, 0.3) is 6.08 Å². The number of piperidine rings is 1. The molecule has 1 fully saturated rings. The Labute approximate surface area is 329 Å². The highest BCUT2D eigenvalue weighted by Gasteiger charge is 2.39. The minimum Gasteiger partial charge on any atom is -0.478 e. The van der Waals surface area contributed by atoms with Gasteiger partial charge in [0.05, 0.1) is 35.4 Å². The standard InChI is InChI=1S/C36H35N9O10S2/c1-55-35-33(43-57(53,54)24-11-7-21(8-12-24)40-29(46)14-9-23-10-16-32(56-23)45(51)52)39-18-22(41-35)4-3-17-37-31(48)19-38-27-6-2-5-25-26(27)20-44(36(25)50)28-13-15-30(47)42-34(28)49/h2,5-12,14,16,18,28,38H,3-4,13,15,17,19-20H2,1H3,(H,37,48)(H,39,43)(H,40,46)(H,42,47,49)/b14-9+. The van der Waals surface area contributed by atoms with Crippen molar-refractivity contribution in [2.24, 2.45) is 0 Å². The zero-order valence-corrected chi connectivity index (χ0v) is 31.8. The number of ether oxygens (including phenoxy) is 1. The molecular formula is C36H35N9O10S2. The largest absolute Gasteiger partial charge is 0.478 e. The van der Waals surface area contributed by atoms with Crippen LogP contribution in [-0.2, 0) is 42.2 Å². The fraction of sp³-hybridized carbons (Fsp3) is 0.250. The average molecular weight is 818 g/mol. The van der Waals surface area contributed by atoms with Crippen LogP contribution >= 0.6 is 11.3 Å². The molecule has 2 aromatic carbocycles. The number of imide groups is 1. The van der Waals surface area contributed by atoms with Gasteiger partial charge < -0.3 is 25.6 Å². The fourth-order valence-corrected chi connectivity index (χ4v) is 7.73. The average Bonchev–Trinajstić information content (AvgIpc) is 3.80. The second kappa shape index (κ2) is 17.4. The molecule has 2 aliphatic heterocycles. The summed E-state index contributed by atoms with van der Waals surface area (Å²) in [6.07, 6.45) is 5.27. The van der Waals surface area contributed by atoms with E-state index in [1.165, 1.54) is 66.8 Å². The molecule has 0 radical (unpaired) electrons. The number of nitro groups is 1. The maximum atomic E-state index is 13.1. The van der Waals surface area contributed by atoms with Crippen LogP contribution in [0.1, 0.15) is 45.8 Å². The van der Waals surface area contributed by atoms with E-state index in [0.717, 1.165) is 11.3 Å². The molecule has 0 bridgehead atoms. The molecule has 19 nitrogen and oxygen atoms in total. The van der Waals surface area contributed by atoms with E-state index in [-0.39, 0.29) is 65.2 Å². The van der Waals surface area contributed by atoms with E-state index in [0.29, 0.717) is 52.5 Å². The van der Waals surface area contributed by atoms with Gasteiger partial charge in [-0.05, 0) is 67.8 Å². The molecule has 1 saturated heterocycles. The van der Waals surface area contributed by atoms with Crippen LogP contribution < -0.4 is 30.7 Å². The third kappa shape index (κ3) is 9.74. The monoisotopic (exact) mass is 817 g/mol. The molecule has 1 atom stereocenters. The number of carbonyl (C=O) groups excluding carboxylic acids is 5. The topological polar surface area (TPSA) is 261 Å². The van der Waals surface area contributed by atoms with Gasteiger partial charge in [0, 0.05) is 59.0 Å². The van der Waals surface area contributed by atoms with Crippen LogP contribution in [0.3, 0.4) is 0 Å². The number of aryl methyl sites for hydroxylation is 1. The van der Waals surface area contributed by atoms with E-state index in [9.17, 15) is 42.5 Å². The first-order valence-corrected chi connectivity index (χ1v) is 19.6. The molecule has 0 spiro atoms. The van der Waals surface area contributed by atoms with Crippen molar-refractivity contribution in [2.45, 2.75) is 43.2 Å². The summed E-state index contributed by atoms with van der Waals surface area (Å²) in [5.41, 5.74) is 2.47. The number of benzene rings is 2. The molecular weight excluding hydrogens is 783 g/mol. The number of hydrogen-bond acceptors (Lipinski definition) is 14. The first kappa shape index (κ1) is 39.9. The van der Waals surface area contributed by atoms with E-state index in [2.05, 4.69) is 36.0 Å². The van der Waals surface area contributed by atoms with E-state index in [4.69, 9.17) is 4.74 Å². The molecule has 1 unspecified atom stereocenters. The molecule has 5 amide bonds. The number of thiophene rings is 1. The number of sulfonamides is 1. The molecule has 5 N–H and O–H groups in total. The van der Waals surface area contributed by atoms with Crippen molar-refractivity contribution in [3.8, 4) is 5.88 Å². The summed E-state index contributed by atoms with van der Waals surface area (Å²) < 4.78 is 33.9. The smallest absolute Gasteiger partial charge is 0.324 e. The molecule has 57 heavy (non-hydrogen) atoms. The van der Waals surface area contributed by atoms with E-state index in [1.54, 1.807) is 18.2 Å². The van der Waals surface area contributed by atoms with Crippen LogP contribution in [0, 0.1) is 10.1 Å². The molecule has 2 aliphatic rings. The van der Waals surface area contributed by atoms with Gasteiger partial charge in [0.1, 0.15) is 6.04 Å². The second-order valence-corrected chi connectivity index (χ2v) is 15.4. The lowest BCUT2D eigenvalue weighted by atomic mass is 10.0. The molecule has 4 aromatic rings. The van der Waals surface area contributed by atoms with Crippen LogP contribution in [0.4, 0.5) is 22.2 Å². The fourth-order valence-electron chi connectivity index (χ4n) is 6.00. The number of hydrogen-bond donors (Lipinski definition) is 5. The SMILES string of the molecule is COc1nc(CCCNC(=O)CNc2cccc3c2CN(C2CCC(=O)NC2=O)C3=O)cnc1NS(=O)(=O)c1ccc(NC(=O)/C=C/c2ccc([N+](=O)[O-])s2)cc1. The zero-order chi connectivity index (χ0) is 40.7. The highest BCUT2D eigenvalue weighted by atomic mass is 32.2. The van der Waals surface area contributed by atoms with Crippen LogP contribution in [0.2, 0.25) is 0 Å². The third-order valence-corrected chi connectivity index (χ3v) is 11.1. The van der Waals surface area contributed by atoms with Crippen LogP contribution in [0.5, 0.6) is 5.88 Å². The van der Waals surface area contributed by atoms with Crippen LogP contribution in [-0.4, -0.2) is 84.0 Å². The lowest BCUT2D eigenvalue weighted by Gasteiger charge is -2.29. The summed E-state index contributed by atoms with van der Waals surface area (Å²) in [5.74, 6) is -2.22. The van der Waals surface area contributed by atoms with E-state index >= 15 is 0 Å². The van der Waals surface area contributed by atoms with Crippen molar-refractivity contribution in [3.63, 3.8) is 0 Å². The van der Waals surface area contributed by atoms with Crippen molar-refractivity contribution >= 4 is 79.2 Å². The molecule has 21 heteroatoms. The normalized spacial score (nSPS) is 15.2. The number of nitrogens with one attached hydrogen (secondary N) is 5. The summed E-state index contributed by atoms with van der Waals surface area (Å²) in [6, 6.07) is 12.6. The number of amides is 5. The van der Waals surface area contributed by atoms with Crippen molar-refractivity contribution in [3.05, 3.63) is 98.7 Å². The van der Waals surface area contributed by atoms with Gasteiger partial charge in [0.25, 0.3) is 21.8 Å².